The van der Waals surface area contributed by atoms with Crippen LogP contribution in [0.4, 0.5) is 0 Å². The smallest absolute Gasteiger partial charge is 0.337 e. The molecule has 0 saturated heterocycles. The Labute approximate surface area is 157 Å². The fraction of sp³-hybridized carbons (Fsp3) is 0.333. The van der Waals surface area contributed by atoms with Gasteiger partial charge in [0.25, 0.3) is 0 Å². The van der Waals surface area contributed by atoms with Gasteiger partial charge in [-0.2, -0.15) is 0 Å². The van der Waals surface area contributed by atoms with Gasteiger partial charge in [0.05, 0.1) is 11.8 Å². The quantitative estimate of drug-likeness (QED) is 0.559. The molecule has 10 radical (unpaired) electrons. The van der Waals surface area contributed by atoms with Crippen molar-refractivity contribution in [2.45, 2.75) is 39.8 Å². The van der Waals surface area contributed by atoms with E-state index in [-0.39, 0.29) is 41.0 Å². The second kappa shape index (κ2) is 11.5. The first kappa shape index (κ1) is 22.9. The van der Waals surface area contributed by atoms with E-state index < -0.39 is 5.24 Å². The van der Waals surface area contributed by atoms with Crippen molar-refractivity contribution in [3.05, 3.63) is 63.2 Å². The first-order chi connectivity index (χ1) is 10.4. The molecule has 23 heavy (non-hydrogen) atoms. The summed E-state index contributed by atoms with van der Waals surface area (Å²) in [5.74, 6) is 0.513. The second-order valence-electron chi connectivity index (χ2n) is 5.49. The molecule has 0 aliphatic heterocycles. The molecule has 2 saturated carbocycles. The molecular formula is C18H22ClFeNO2+2. The van der Waals surface area contributed by atoms with Crippen LogP contribution in [0.5, 0.6) is 0 Å². The maximum absolute atomic E-state index is 12.3. The van der Waals surface area contributed by atoms with Crippen molar-refractivity contribution in [3.63, 3.8) is 0 Å². The zero-order valence-electron chi connectivity index (χ0n) is 13.8. The van der Waals surface area contributed by atoms with Crippen LogP contribution < -0.4 is 0 Å². The second-order valence-corrected chi connectivity index (χ2v) is 5.83. The van der Waals surface area contributed by atoms with Crippen LogP contribution in [0.25, 0.3) is 0 Å². The Hall–Kier alpha value is -0.0505. The zero-order chi connectivity index (χ0) is 16.7. The third-order valence-electron chi connectivity index (χ3n) is 3.16. The van der Waals surface area contributed by atoms with E-state index in [1.807, 2.05) is 59.8 Å². The molecule has 5 heteroatoms. The molecule has 2 aliphatic rings. The molecule has 0 bridgehead atoms. The number of carbonyl (C=O) groups is 2. The summed E-state index contributed by atoms with van der Waals surface area (Å²) < 4.78 is 0. The standard InChI is InChI=1S/C13H17ClNO2.C5H5.Fe/c1-8(2)15(9(3)4)13(17)11-7-5-6-10(11)12(14)16;1-2-4-5-3-1;/h5-9H,1-4H3;1-5H;/q;;+2. The summed E-state index contributed by atoms with van der Waals surface area (Å²) in [6.07, 6.45) is 14.9. The molecule has 1 amide bonds. The molecule has 3 nitrogen and oxygen atoms in total. The van der Waals surface area contributed by atoms with Gasteiger partial charge in [0.1, 0.15) is 0 Å². The van der Waals surface area contributed by atoms with E-state index in [9.17, 15) is 9.59 Å². The van der Waals surface area contributed by atoms with E-state index in [2.05, 4.69) is 0 Å². The van der Waals surface area contributed by atoms with Crippen LogP contribution in [0.2, 0.25) is 0 Å². The molecule has 0 aromatic heterocycles. The van der Waals surface area contributed by atoms with Crippen molar-refractivity contribution in [1.29, 1.82) is 0 Å². The van der Waals surface area contributed by atoms with Crippen molar-refractivity contribution < 1.29 is 26.7 Å². The van der Waals surface area contributed by atoms with Gasteiger partial charge in [0.15, 0.2) is 0 Å². The number of nitrogens with zero attached hydrogens (tertiary/aromatic N) is 1. The minimum absolute atomic E-state index is 0. The van der Waals surface area contributed by atoms with Crippen LogP contribution >= 0.6 is 11.6 Å². The molecule has 0 heterocycles. The SMILES string of the molecule is CC(C)N(C(=O)[C]1[CH][CH][CH][C]1C(=O)Cl)C(C)C.[CH]1[CH][CH][CH][CH]1.[Fe+2]. The molecule has 0 atom stereocenters. The number of carbonyl (C=O) groups excluding carboxylic acids is 2. The van der Waals surface area contributed by atoms with Gasteiger partial charge < -0.3 is 4.90 Å². The third kappa shape index (κ3) is 7.15. The van der Waals surface area contributed by atoms with Gasteiger partial charge in [-0.15, -0.1) is 0 Å². The topological polar surface area (TPSA) is 37.4 Å². The molecule has 0 aromatic rings. The molecule has 2 aliphatic carbocycles. The maximum atomic E-state index is 12.3. The number of hydrogen-bond donors (Lipinski definition) is 0. The Bertz CT molecular complexity index is 354. The monoisotopic (exact) mass is 375 g/mol. The summed E-state index contributed by atoms with van der Waals surface area (Å²) in [4.78, 5) is 25.3. The molecule has 124 valence electrons. The van der Waals surface area contributed by atoms with Crippen molar-refractivity contribution in [2.24, 2.45) is 0 Å². The Kier molecular flexibility index (Phi) is 11.5. The summed E-state index contributed by atoms with van der Waals surface area (Å²) >= 11 is 5.45. The average Bonchev–Trinajstić information content (AvgIpc) is 3.12. The number of halogens is 1. The summed E-state index contributed by atoms with van der Waals surface area (Å²) in [7, 11) is 0. The first-order valence-corrected chi connectivity index (χ1v) is 7.69. The van der Waals surface area contributed by atoms with Gasteiger partial charge in [0, 0.05) is 12.1 Å². The maximum Gasteiger partial charge on any atom is 2.00 e. The van der Waals surface area contributed by atoms with E-state index in [4.69, 9.17) is 11.6 Å². The van der Waals surface area contributed by atoms with E-state index >= 15 is 0 Å². The van der Waals surface area contributed by atoms with Gasteiger partial charge in [0.2, 0.25) is 11.1 Å². The van der Waals surface area contributed by atoms with Crippen LogP contribution in [0, 0.1) is 63.2 Å². The van der Waals surface area contributed by atoms with Crippen LogP contribution in [0.3, 0.4) is 0 Å². The minimum Gasteiger partial charge on any atom is -0.337 e. The van der Waals surface area contributed by atoms with Crippen molar-refractivity contribution in [1.82, 2.24) is 4.90 Å². The first-order valence-electron chi connectivity index (χ1n) is 7.31. The molecule has 0 N–H and O–H groups in total. The number of amides is 1. The predicted octanol–water partition coefficient (Wildman–Crippen LogP) is 3.19. The minimum atomic E-state index is -0.592. The van der Waals surface area contributed by atoms with Crippen LogP contribution in [0.15, 0.2) is 0 Å². The van der Waals surface area contributed by atoms with Gasteiger partial charge in [-0.25, -0.2) is 0 Å². The fourth-order valence-corrected chi connectivity index (χ4v) is 2.47. The Morgan fingerprint density at radius 2 is 1.22 bits per heavy atom. The predicted molar refractivity (Wildman–Crippen MR) is 88.9 cm³/mol. The van der Waals surface area contributed by atoms with Crippen LogP contribution in [-0.4, -0.2) is 28.1 Å². The molecule has 0 unspecified atom stereocenters. The number of rotatable bonds is 4. The fourth-order valence-electron chi connectivity index (χ4n) is 2.30. The summed E-state index contributed by atoms with van der Waals surface area (Å²) in [5.41, 5.74) is 0. The van der Waals surface area contributed by atoms with E-state index in [1.54, 1.807) is 24.2 Å². The van der Waals surface area contributed by atoms with E-state index in [0.717, 1.165) is 0 Å². The molecular weight excluding hydrogens is 354 g/mol. The van der Waals surface area contributed by atoms with Crippen molar-refractivity contribution in [2.75, 3.05) is 0 Å². The Morgan fingerprint density at radius 1 is 0.826 bits per heavy atom. The van der Waals surface area contributed by atoms with Gasteiger partial charge in [-0.05, 0) is 90.7 Å². The van der Waals surface area contributed by atoms with Crippen molar-refractivity contribution in [3.8, 4) is 0 Å². The van der Waals surface area contributed by atoms with Gasteiger partial charge in [-0.3, -0.25) is 9.59 Å². The number of hydrogen-bond acceptors (Lipinski definition) is 2. The Morgan fingerprint density at radius 3 is 1.57 bits per heavy atom. The largest absolute Gasteiger partial charge is 2.00 e. The molecule has 0 spiro atoms. The van der Waals surface area contributed by atoms with Crippen LogP contribution in [-0.2, 0) is 26.7 Å². The van der Waals surface area contributed by atoms with Crippen LogP contribution in [0.1, 0.15) is 27.7 Å². The molecule has 2 rings (SSSR count). The normalized spacial score (nSPS) is 18.6. The zero-order valence-corrected chi connectivity index (χ0v) is 15.6. The Balaban J connectivity index is 0.000000684. The van der Waals surface area contributed by atoms with E-state index in [0.29, 0.717) is 5.92 Å². The van der Waals surface area contributed by atoms with Gasteiger partial charge in [-0.1, -0.05) is 0 Å². The summed E-state index contributed by atoms with van der Waals surface area (Å²) in [6.45, 7) is 7.79. The average molecular weight is 376 g/mol. The summed E-state index contributed by atoms with van der Waals surface area (Å²) in [5, 5.41) is -0.592. The molecule has 0 aromatic carbocycles. The third-order valence-corrected chi connectivity index (χ3v) is 3.36. The summed E-state index contributed by atoms with van der Waals surface area (Å²) in [6, 6.07) is 0.159. The molecule has 2 fully saturated rings. The van der Waals surface area contributed by atoms with Crippen molar-refractivity contribution >= 4 is 22.8 Å². The van der Waals surface area contributed by atoms with E-state index in [1.165, 1.54) is 0 Å². The van der Waals surface area contributed by atoms with Gasteiger partial charge >= 0.3 is 17.1 Å².